The Balaban J connectivity index is 2.06. The first kappa shape index (κ1) is 16.7. The van der Waals surface area contributed by atoms with Crippen LogP contribution in [0.15, 0.2) is 48.5 Å². The zero-order valence-corrected chi connectivity index (χ0v) is 14.7. The Morgan fingerprint density at radius 1 is 1.04 bits per heavy atom. The van der Waals surface area contributed by atoms with Crippen molar-refractivity contribution in [1.82, 2.24) is 0 Å². The molecule has 0 aliphatic heterocycles. The number of hydrogen-bond acceptors (Lipinski definition) is 1. The van der Waals surface area contributed by atoms with E-state index in [1.165, 1.54) is 42.4 Å². The Bertz CT molecular complexity index is 701. The zero-order chi connectivity index (χ0) is 17.0. The summed E-state index contributed by atoms with van der Waals surface area (Å²) in [5, 5.41) is 0. The number of hydrogen-bond donors (Lipinski definition) is 0. The standard InChI is InChI=1S/C23H26O/c1-4-7-18-10-12-20(13-11-18)23(5-2,19-8-6-9-19)21-14-16-22(24-3)17-15-21/h2,10-17,19H,4,6-9H2,1,3H3. The van der Waals surface area contributed by atoms with E-state index >= 15 is 0 Å². The van der Waals surface area contributed by atoms with Crippen molar-refractivity contribution in [2.24, 2.45) is 5.92 Å². The van der Waals surface area contributed by atoms with Gasteiger partial charge < -0.3 is 4.74 Å². The molecule has 0 aromatic heterocycles. The smallest absolute Gasteiger partial charge is 0.118 e. The van der Waals surface area contributed by atoms with Crippen molar-refractivity contribution in [2.75, 3.05) is 7.11 Å². The van der Waals surface area contributed by atoms with Crippen LogP contribution in [0.25, 0.3) is 0 Å². The van der Waals surface area contributed by atoms with Crippen molar-refractivity contribution in [3.8, 4) is 18.1 Å². The summed E-state index contributed by atoms with van der Waals surface area (Å²) in [5.74, 6) is 4.59. The minimum absolute atomic E-state index is 0.324. The fourth-order valence-corrected chi connectivity index (χ4v) is 3.84. The van der Waals surface area contributed by atoms with Gasteiger partial charge in [0.25, 0.3) is 0 Å². The van der Waals surface area contributed by atoms with Gasteiger partial charge in [-0.25, -0.2) is 0 Å². The van der Waals surface area contributed by atoms with Crippen LogP contribution in [-0.4, -0.2) is 7.11 Å². The minimum atomic E-state index is -0.324. The predicted octanol–water partition coefficient (Wildman–Crippen LogP) is 5.37. The second-order valence-electron chi connectivity index (χ2n) is 6.76. The summed E-state index contributed by atoms with van der Waals surface area (Å²) < 4.78 is 5.31. The van der Waals surface area contributed by atoms with Crippen LogP contribution in [0.5, 0.6) is 5.75 Å². The lowest BCUT2D eigenvalue weighted by Crippen LogP contribution is -2.39. The predicted molar refractivity (Wildman–Crippen MR) is 100 cm³/mol. The molecule has 0 N–H and O–H groups in total. The molecule has 24 heavy (non-hydrogen) atoms. The molecule has 1 unspecified atom stereocenters. The fraction of sp³-hybridized carbons (Fsp3) is 0.391. The third kappa shape index (κ3) is 2.82. The van der Waals surface area contributed by atoms with E-state index in [0.29, 0.717) is 5.92 Å². The van der Waals surface area contributed by atoms with Crippen LogP contribution in [0.1, 0.15) is 49.3 Å². The summed E-state index contributed by atoms with van der Waals surface area (Å²) in [5.41, 5.74) is 3.52. The van der Waals surface area contributed by atoms with E-state index in [-0.39, 0.29) is 5.41 Å². The molecule has 3 rings (SSSR count). The molecule has 2 aromatic carbocycles. The normalized spacial score (nSPS) is 16.7. The molecule has 0 spiro atoms. The Labute approximate surface area is 146 Å². The fourth-order valence-electron chi connectivity index (χ4n) is 3.84. The van der Waals surface area contributed by atoms with Gasteiger partial charge in [-0.05, 0) is 54.0 Å². The highest BCUT2D eigenvalue weighted by atomic mass is 16.5. The summed E-state index contributed by atoms with van der Waals surface area (Å²) in [6.45, 7) is 2.21. The van der Waals surface area contributed by atoms with E-state index in [9.17, 15) is 0 Å². The molecule has 0 saturated heterocycles. The molecule has 1 aliphatic carbocycles. The minimum Gasteiger partial charge on any atom is -0.497 e. The summed E-state index contributed by atoms with van der Waals surface area (Å²) >= 11 is 0. The average Bonchev–Trinajstić information content (AvgIpc) is 2.59. The first-order chi connectivity index (χ1) is 11.7. The number of ether oxygens (including phenoxy) is 1. The van der Waals surface area contributed by atoms with Crippen LogP contribution >= 0.6 is 0 Å². The van der Waals surface area contributed by atoms with Gasteiger partial charge >= 0.3 is 0 Å². The monoisotopic (exact) mass is 318 g/mol. The molecule has 1 heteroatoms. The van der Waals surface area contributed by atoms with Crippen molar-refractivity contribution in [2.45, 2.75) is 44.4 Å². The second-order valence-corrected chi connectivity index (χ2v) is 6.76. The van der Waals surface area contributed by atoms with E-state index in [1.54, 1.807) is 7.11 Å². The van der Waals surface area contributed by atoms with Crippen molar-refractivity contribution in [3.63, 3.8) is 0 Å². The maximum absolute atomic E-state index is 6.17. The number of rotatable bonds is 6. The summed E-state index contributed by atoms with van der Waals surface area (Å²) in [4.78, 5) is 0. The SMILES string of the molecule is C#CC(c1ccc(CCC)cc1)(c1ccc(OC)cc1)C1CCC1. The largest absolute Gasteiger partial charge is 0.497 e. The van der Waals surface area contributed by atoms with E-state index in [2.05, 4.69) is 49.2 Å². The Morgan fingerprint density at radius 2 is 1.62 bits per heavy atom. The molecule has 0 heterocycles. The molecule has 1 nitrogen and oxygen atoms in total. The second kappa shape index (κ2) is 7.14. The van der Waals surface area contributed by atoms with Crippen LogP contribution in [0.4, 0.5) is 0 Å². The summed E-state index contributed by atoms with van der Waals surface area (Å²) in [7, 11) is 1.70. The van der Waals surface area contributed by atoms with Crippen LogP contribution in [-0.2, 0) is 11.8 Å². The van der Waals surface area contributed by atoms with Crippen molar-refractivity contribution in [1.29, 1.82) is 0 Å². The highest BCUT2D eigenvalue weighted by Crippen LogP contribution is 2.48. The molecule has 1 aliphatic rings. The average molecular weight is 318 g/mol. The molecular weight excluding hydrogens is 292 g/mol. The lowest BCUT2D eigenvalue weighted by atomic mass is 9.59. The molecule has 0 bridgehead atoms. The van der Waals surface area contributed by atoms with Crippen molar-refractivity contribution < 1.29 is 4.74 Å². The lowest BCUT2D eigenvalue weighted by Gasteiger charge is -2.43. The van der Waals surface area contributed by atoms with E-state index in [0.717, 1.165) is 12.2 Å². The maximum Gasteiger partial charge on any atom is 0.118 e. The third-order valence-electron chi connectivity index (χ3n) is 5.44. The van der Waals surface area contributed by atoms with E-state index in [1.807, 2.05) is 12.1 Å². The first-order valence-electron chi connectivity index (χ1n) is 8.96. The van der Waals surface area contributed by atoms with Crippen LogP contribution in [0.2, 0.25) is 0 Å². The number of aryl methyl sites for hydroxylation is 1. The van der Waals surface area contributed by atoms with Gasteiger partial charge in [-0.15, -0.1) is 6.42 Å². The van der Waals surface area contributed by atoms with Gasteiger partial charge in [0, 0.05) is 0 Å². The molecular formula is C23H26O. The van der Waals surface area contributed by atoms with Crippen molar-refractivity contribution in [3.05, 3.63) is 65.2 Å². The molecule has 0 radical (unpaired) electrons. The van der Waals surface area contributed by atoms with Gasteiger partial charge in [-0.2, -0.15) is 0 Å². The van der Waals surface area contributed by atoms with Gasteiger partial charge in [0.1, 0.15) is 5.75 Å². The summed E-state index contributed by atoms with van der Waals surface area (Å²) in [6.07, 6.45) is 12.1. The summed E-state index contributed by atoms with van der Waals surface area (Å²) in [6, 6.07) is 17.3. The van der Waals surface area contributed by atoms with Gasteiger partial charge in [-0.1, -0.05) is 62.1 Å². The Morgan fingerprint density at radius 3 is 2.04 bits per heavy atom. The van der Waals surface area contributed by atoms with Gasteiger partial charge in [0.05, 0.1) is 12.5 Å². The Kier molecular flexibility index (Phi) is 4.95. The molecule has 1 saturated carbocycles. The molecule has 1 atom stereocenters. The van der Waals surface area contributed by atoms with Gasteiger partial charge in [-0.3, -0.25) is 0 Å². The van der Waals surface area contributed by atoms with E-state index in [4.69, 9.17) is 11.2 Å². The quantitative estimate of drug-likeness (QED) is 0.651. The third-order valence-corrected chi connectivity index (χ3v) is 5.44. The highest BCUT2D eigenvalue weighted by molar-refractivity contribution is 5.50. The van der Waals surface area contributed by atoms with Crippen molar-refractivity contribution >= 4 is 0 Å². The Hall–Kier alpha value is -2.20. The van der Waals surface area contributed by atoms with E-state index < -0.39 is 0 Å². The molecule has 0 amide bonds. The zero-order valence-electron chi connectivity index (χ0n) is 14.7. The van der Waals surface area contributed by atoms with Crippen LogP contribution < -0.4 is 4.74 Å². The number of benzene rings is 2. The molecule has 124 valence electrons. The van der Waals surface area contributed by atoms with Crippen LogP contribution in [0, 0.1) is 18.3 Å². The first-order valence-corrected chi connectivity index (χ1v) is 8.96. The highest BCUT2D eigenvalue weighted by Gasteiger charge is 2.43. The number of terminal acetylenes is 1. The van der Waals surface area contributed by atoms with Gasteiger partial charge in [0.15, 0.2) is 0 Å². The van der Waals surface area contributed by atoms with Gasteiger partial charge in [0.2, 0.25) is 0 Å². The number of methoxy groups -OCH3 is 1. The topological polar surface area (TPSA) is 9.23 Å². The maximum atomic E-state index is 6.17. The lowest BCUT2D eigenvalue weighted by molar-refractivity contribution is 0.240. The molecule has 1 fully saturated rings. The molecule has 2 aromatic rings. The van der Waals surface area contributed by atoms with Crippen LogP contribution in [0.3, 0.4) is 0 Å².